The van der Waals surface area contributed by atoms with Gasteiger partial charge in [0.1, 0.15) is 16.7 Å². The minimum Gasteiger partial charge on any atom is -0.497 e. The molecule has 1 atom stereocenters. The number of nitro groups is 1. The topological polar surface area (TPSA) is 153 Å². The smallest absolute Gasteiger partial charge is 0.272 e. The number of nitrogens with one attached hydrogen (secondary N) is 3. The SMILES string of the molecule is COc1ccc2nc(NC(=O)C(Sc3cccc(NC(=O)/C(=C\c4ccc([N+](=O)[O-])cc4)NC(=O)c4ccccc4)c3)c3ccccc3)sc2c1. The minimum absolute atomic E-state index is 0.0780. The molecule has 5 aromatic carbocycles. The van der Waals surface area contributed by atoms with E-state index in [-0.39, 0.29) is 17.3 Å². The van der Waals surface area contributed by atoms with Gasteiger partial charge in [0, 0.05) is 28.3 Å². The van der Waals surface area contributed by atoms with Crippen molar-refractivity contribution in [2.24, 2.45) is 0 Å². The highest BCUT2D eigenvalue weighted by Crippen LogP contribution is 2.38. The molecule has 6 rings (SSSR count). The number of amides is 3. The molecule has 0 aliphatic rings. The van der Waals surface area contributed by atoms with Crippen LogP contribution >= 0.6 is 23.1 Å². The molecule has 0 spiro atoms. The predicted octanol–water partition coefficient (Wildman–Crippen LogP) is 8.09. The number of thiazole rings is 1. The third-order valence-corrected chi connectivity index (χ3v) is 9.64. The van der Waals surface area contributed by atoms with Crippen molar-refractivity contribution < 1.29 is 24.0 Å². The van der Waals surface area contributed by atoms with Gasteiger partial charge in [-0.3, -0.25) is 24.5 Å². The quantitative estimate of drug-likeness (QED) is 0.0498. The number of benzene rings is 5. The molecule has 0 aliphatic heterocycles. The van der Waals surface area contributed by atoms with Crippen molar-refractivity contribution in [1.82, 2.24) is 10.3 Å². The molecule has 0 bridgehead atoms. The summed E-state index contributed by atoms with van der Waals surface area (Å²) in [5, 5.41) is 19.4. The van der Waals surface area contributed by atoms with E-state index in [1.165, 1.54) is 53.4 Å². The fourth-order valence-electron chi connectivity index (χ4n) is 4.94. The number of thioether (sulfide) groups is 1. The zero-order chi connectivity index (χ0) is 35.7. The molecule has 0 aliphatic carbocycles. The average Bonchev–Trinajstić information content (AvgIpc) is 3.56. The Balaban J connectivity index is 1.23. The van der Waals surface area contributed by atoms with E-state index in [2.05, 4.69) is 20.9 Å². The maximum Gasteiger partial charge on any atom is 0.272 e. The fourth-order valence-corrected chi connectivity index (χ4v) is 6.92. The van der Waals surface area contributed by atoms with Crippen molar-refractivity contribution in [3.8, 4) is 5.75 Å². The van der Waals surface area contributed by atoms with Gasteiger partial charge in [-0.05, 0) is 77.9 Å². The number of anilines is 2. The summed E-state index contributed by atoms with van der Waals surface area (Å²) < 4.78 is 6.19. The summed E-state index contributed by atoms with van der Waals surface area (Å²) in [6.07, 6.45) is 1.44. The first kappa shape index (κ1) is 34.5. The molecule has 51 heavy (non-hydrogen) atoms. The Morgan fingerprint density at radius 2 is 1.59 bits per heavy atom. The highest BCUT2D eigenvalue weighted by Gasteiger charge is 2.24. The van der Waals surface area contributed by atoms with Crippen LogP contribution in [0.2, 0.25) is 0 Å². The van der Waals surface area contributed by atoms with Crippen LogP contribution in [0, 0.1) is 10.1 Å². The number of nitro benzene ring substituents is 1. The molecule has 11 nitrogen and oxygen atoms in total. The van der Waals surface area contributed by atoms with E-state index in [0.717, 1.165) is 15.8 Å². The first-order valence-corrected chi connectivity index (χ1v) is 17.2. The summed E-state index contributed by atoms with van der Waals surface area (Å²) in [4.78, 5) is 56.4. The van der Waals surface area contributed by atoms with E-state index < -0.39 is 22.0 Å². The van der Waals surface area contributed by atoms with E-state index in [1.807, 2.05) is 54.6 Å². The molecule has 1 aromatic heterocycles. The van der Waals surface area contributed by atoms with Crippen molar-refractivity contribution in [1.29, 1.82) is 0 Å². The Labute approximate surface area is 300 Å². The second-order valence-corrected chi connectivity index (χ2v) is 13.2. The molecule has 254 valence electrons. The Morgan fingerprint density at radius 3 is 2.29 bits per heavy atom. The summed E-state index contributed by atoms with van der Waals surface area (Å²) in [7, 11) is 1.59. The lowest BCUT2D eigenvalue weighted by molar-refractivity contribution is -0.384. The molecule has 3 N–H and O–H groups in total. The number of fused-ring (bicyclic) bond motifs is 1. The van der Waals surface area contributed by atoms with Gasteiger partial charge < -0.3 is 20.7 Å². The standard InChI is InChI=1S/C38H29N5O6S2/c1-49-29-19-20-31-33(23-29)51-38(41-31)42-37(46)34(25-9-4-2-5-10-25)50-30-14-8-13-27(22-30)39-36(45)32(40-35(44)26-11-6-3-7-12-26)21-24-15-17-28(18-16-24)43(47)48/h2-23,34H,1H3,(H,39,45)(H,40,44)(H,41,42,46)/b32-21+. The van der Waals surface area contributed by atoms with Crippen molar-refractivity contribution >= 4 is 73.6 Å². The number of ether oxygens (including phenoxy) is 1. The zero-order valence-electron chi connectivity index (χ0n) is 26.9. The molecule has 0 saturated heterocycles. The van der Waals surface area contributed by atoms with Crippen LogP contribution in [0.15, 0.2) is 138 Å². The van der Waals surface area contributed by atoms with Gasteiger partial charge in [-0.25, -0.2) is 4.98 Å². The number of carbonyl (C=O) groups is 3. The van der Waals surface area contributed by atoms with Crippen LogP contribution in [0.4, 0.5) is 16.5 Å². The lowest BCUT2D eigenvalue weighted by Crippen LogP contribution is -2.30. The van der Waals surface area contributed by atoms with Gasteiger partial charge in [0.25, 0.3) is 17.5 Å². The van der Waals surface area contributed by atoms with Crippen LogP contribution in [0.5, 0.6) is 5.75 Å². The van der Waals surface area contributed by atoms with Crippen LogP contribution in [0.25, 0.3) is 16.3 Å². The average molecular weight is 716 g/mol. The second-order valence-electron chi connectivity index (χ2n) is 11.0. The second kappa shape index (κ2) is 15.9. The third kappa shape index (κ3) is 8.84. The largest absolute Gasteiger partial charge is 0.497 e. The molecule has 6 aromatic rings. The number of nitrogens with zero attached hydrogens (tertiary/aromatic N) is 2. The van der Waals surface area contributed by atoms with E-state index in [9.17, 15) is 24.5 Å². The Hall–Kier alpha value is -6.31. The number of aromatic nitrogens is 1. The summed E-state index contributed by atoms with van der Waals surface area (Å²) in [6.45, 7) is 0. The van der Waals surface area contributed by atoms with Crippen LogP contribution in [0.1, 0.15) is 26.7 Å². The van der Waals surface area contributed by atoms with Crippen molar-refractivity contribution in [3.63, 3.8) is 0 Å². The predicted molar refractivity (Wildman–Crippen MR) is 200 cm³/mol. The Bertz CT molecular complexity index is 2240. The molecule has 0 radical (unpaired) electrons. The van der Waals surface area contributed by atoms with Gasteiger partial charge in [0.05, 0.1) is 22.2 Å². The third-order valence-electron chi connectivity index (χ3n) is 7.46. The van der Waals surface area contributed by atoms with Crippen LogP contribution in [0.3, 0.4) is 0 Å². The normalized spacial score (nSPS) is 11.7. The van der Waals surface area contributed by atoms with Crippen molar-refractivity contribution in [2.75, 3.05) is 17.7 Å². The molecular formula is C38H29N5O6S2. The van der Waals surface area contributed by atoms with E-state index in [0.29, 0.717) is 32.6 Å². The van der Waals surface area contributed by atoms with Gasteiger partial charge in [-0.15, -0.1) is 11.8 Å². The monoisotopic (exact) mass is 715 g/mol. The van der Waals surface area contributed by atoms with E-state index in [4.69, 9.17) is 4.74 Å². The van der Waals surface area contributed by atoms with Crippen molar-refractivity contribution in [2.45, 2.75) is 10.1 Å². The molecule has 0 saturated carbocycles. The maximum atomic E-state index is 13.8. The van der Waals surface area contributed by atoms with Gasteiger partial charge in [0.2, 0.25) is 5.91 Å². The number of hydrogen-bond acceptors (Lipinski definition) is 9. The van der Waals surface area contributed by atoms with Crippen LogP contribution in [-0.2, 0) is 9.59 Å². The Kier molecular flexibility index (Phi) is 10.8. The number of non-ortho nitro benzene ring substituents is 1. The number of methoxy groups -OCH3 is 1. The van der Waals surface area contributed by atoms with E-state index >= 15 is 0 Å². The summed E-state index contributed by atoms with van der Waals surface area (Å²) in [5.41, 5.74) is 2.55. The number of rotatable bonds is 12. The highest BCUT2D eigenvalue weighted by atomic mass is 32.2. The fraction of sp³-hybridized carbons (Fsp3) is 0.0526. The summed E-state index contributed by atoms with van der Waals surface area (Å²) in [5.74, 6) is -0.707. The number of hydrogen-bond donors (Lipinski definition) is 3. The molecule has 13 heteroatoms. The lowest BCUT2D eigenvalue weighted by Gasteiger charge is -2.17. The van der Waals surface area contributed by atoms with Gasteiger partial charge in [-0.2, -0.15) is 0 Å². The molecule has 3 amide bonds. The van der Waals surface area contributed by atoms with Crippen molar-refractivity contribution in [3.05, 3.63) is 160 Å². The van der Waals surface area contributed by atoms with Gasteiger partial charge in [-0.1, -0.05) is 65.9 Å². The minimum atomic E-state index is -0.665. The highest BCUT2D eigenvalue weighted by molar-refractivity contribution is 8.00. The molecular weight excluding hydrogens is 687 g/mol. The lowest BCUT2D eigenvalue weighted by atomic mass is 10.1. The molecule has 1 heterocycles. The van der Waals surface area contributed by atoms with Crippen LogP contribution in [-0.4, -0.2) is 34.7 Å². The van der Waals surface area contributed by atoms with Gasteiger partial charge >= 0.3 is 0 Å². The first-order chi connectivity index (χ1) is 24.7. The van der Waals surface area contributed by atoms with E-state index in [1.54, 1.807) is 55.6 Å². The molecule has 1 unspecified atom stereocenters. The maximum absolute atomic E-state index is 13.8. The Morgan fingerprint density at radius 1 is 0.863 bits per heavy atom. The zero-order valence-corrected chi connectivity index (χ0v) is 28.6. The summed E-state index contributed by atoms with van der Waals surface area (Å²) in [6, 6.07) is 35.9. The summed E-state index contributed by atoms with van der Waals surface area (Å²) >= 11 is 2.65. The van der Waals surface area contributed by atoms with Gasteiger partial charge in [0.15, 0.2) is 5.13 Å². The molecule has 0 fully saturated rings. The number of carbonyl (C=O) groups excluding carboxylic acids is 3. The first-order valence-electron chi connectivity index (χ1n) is 15.5. The van der Waals surface area contributed by atoms with Crippen LogP contribution < -0.4 is 20.7 Å².